The lowest BCUT2D eigenvalue weighted by Crippen LogP contribution is -2.24. The van der Waals surface area contributed by atoms with E-state index in [0.29, 0.717) is 6.04 Å². The van der Waals surface area contributed by atoms with Crippen molar-refractivity contribution in [1.29, 1.82) is 0 Å². The first kappa shape index (κ1) is 13.1. The Kier molecular flexibility index (Phi) is 6.01. The molecule has 0 aromatic carbocycles. The molecule has 0 radical (unpaired) electrons. The first-order valence-electron chi connectivity index (χ1n) is 6.29. The molecule has 3 heteroatoms. The molecule has 16 heavy (non-hydrogen) atoms. The van der Waals surface area contributed by atoms with Crippen LogP contribution in [0.1, 0.15) is 57.0 Å². The lowest BCUT2D eigenvalue weighted by Gasteiger charge is -2.16. The second-order valence-electron chi connectivity index (χ2n) is 4.27. The Bertz CT molecular complexity index is 274. The average Bonchev–Trinajstić information content (AvgIpc) is 2.31. The molecule has 90 valence electrons. The van der Waals surface area contributed by atoms with E-state index < -0.39 is 0 Å². The molecule has 0 aliphatic carbocycles. The third-order valence-electron chi connectivity index (χ3n) is 2.60. The van der Waals surface area contributed by atoms with Crippen molar-refractivity contribution in [2.75, 3.05) is 6.54 Å². The topological polar surface area (TPSA) is 37.8 Å². The van der Waals surface area contributed by atoms with Gasteiger partial charge in [0.2, 0.25) is 0 Å². The third kappa shape index (κ3) is 4.27. The molecule has 0 spiro atoms. The highest BCUT2D eigenvalue weighted by Gasteiger charge is 2.12. The number of aromatic nitrogens is 2. The average molecular weight is 221 g/mol. The molecular weight excluding hydrogens is 198 g/mol. The highest BCUT2D eigenvalue weighted by Crippen LogP contribution is 2.15. The molecule has 0 saturated carbocycles. The summed E-state index contributed by atoms with van der Waals surface area (Å²) in [5.74, 6) is 0.938. The molecule has 1 unspecified atom stereocenters. The maximum absolute atomic E-state index is 4.41. The number of nitrogens with zero attached hydrogens (tertiary/aromatic N) is 2. The van der Waals surface area contributed by atoms with E-state index in [2.05, 4.69) is 29.1 Å². The van der Waals surface area contributed by atoms with Gasteiger partial charge < -0.3 is 5.32 Å². The van der Waals surface area contributed by atoms with Crippen molar-refractivity contribution in [2.24, 2.45) is 0 Å². The van der Waals surface area contributed by atoms with Crippen molar-refractivity contribution in [2.45, 2.75) is 52.5 Å². The zero-order valence-electron chi connectivity index (χ0n) is 10.7. The van der Waals surface area contributed by atoms with Gasteiger partial charge >= 0.3 is 0 Å². The van der Waals surface area contributed by atoms with Crippen LogP contribution in [0.5, 0.6) is 0 Å². The summed E-state index contributed by atoms with van der Waals surface area (Å²) < 4.78 is 0. The molecule has 0 saturated heterocycles. The molecule has 0 amide bonds. The van der Waals surface area contributed by atoms with E-state index >= 15 is 0 Å². The largest absolute Gasteiger partial charge is 0.307 e. The number of hydrogen-bond acceptors (Lipinski definition) is 3. The number of hydrogen-bond donors (Lipinski definition) is 1. The van der Waals surface area contributed by atoms with Crippen molar-refractivity contribution in [1.82, 2.24) is 15.3 Å². The summed E-state index contributed by atoms with van der Waals surface area (Å²) in [6, 6.07) is 0.320. The summed E-state index contributed by atoms with van der Waals surface area (Å²) in [6.45, 7) is 7.45. The minimum atomic E-state index is 0.320. The Hall–Kier alpha value is -0.960. The van der Waals surface area contributed by atoms with Gasteiger partial charge in [0.15, 0.2) is 0 Å². The van der Waals surface area contributed by atoms with Gasteiger partial charge in [-0.05, 0) is 31.9 Å². The van der Waals surface area contributed by atoms with Crippen LogP contribution in [0, 0.1) is 6.92 Å². The van der Waals surface area contributed by atoms with Gasteiger partial charge in [-0.2, -0.15) is 0 Å². The standard InChI is InChI=1S/C13H23N3/c1-4-6-7-12(14-8-5-2)13-15-9-11(3)10-16-13/h9-10,12,14H,4-8H2,1-3H3. The fourth-order valence-corrected chi connectivity index (χ4v) is 1.63. The van der Waals surface area contributed by atoms with Crippen LogP contribution in [0.3, 0.4) is 0 Å². The Morgan fingerprint density at radius 1 is 1.19 bits per heavy atom. The van der Waals surface area contributed by atoms with Gasteiger partial charge in [-0.25, -0.2) is 9.97 Å². The van der Waals surface area contributed by atoms with Crippen molar-refractivity contribution in [3.63, 3.8) is 0 Å². The summed E-state index contributed by atoms with van der Waals surface area (Å²) in [4.78, 5) is 8.82. The molecule has 1 aromatic rings. The van der Waals surface area contributed by atoms with Crippen LogP contribution < -0.4 is 5.32 Å². The molecule has 3 nitrogen and oxygen atoms in total. The van der Waals surface area contributed by atoms with E-state index in [1.807, 2.05) is 19.3 Å². The molecule has 0 fully saturated rings. The zero-order chi connectivity index (χ0) is 11.8. The summed E-state index contributed by atoms with van der Waals surface area (Å²) in [5.41, 5.74) is 1.12. The fraction of sp³-hybridized carbons (Fsp3) is 0.692. The molecule has 0 bridgehead atoms. The van der Waals surface area contributed by atoms with E-state index in [0.717, 1.165) is 30.8 Å². The van der Waals surface area contributed by atoms with E-state index in [4.69, 9.17) is 0 Å². The van der Waals surface area contributed by atoms with Crippen LogP contribution >= 0.6 is 0 Å². The lowest BCUT2D eigenvalue weighted by molar-refractivity contribution is 0.460. The first-order chi connectivity index (χ1) is 7.77. The number of aryl methyl sites for hydroxylation is 1. The predicted octanol–water partition coefficient (Wildman–Crippen LogP) is 3.02. The van der Waals surface area contributed by atoms with Crippen molar-refractivity contribution in [3.8, 4) is 0 Å². The summed E-state index contributed by atoms with van der Waals surface area (Å²) in [7, 11) is 0. The molecule has 1 rings (SSSR count). The Labute approximate surface area is 98.7 Å². The highest BCUT2D eigenvalue weighted by atomic mass is 15.0. The van der Waals surface area contributed by atoms with Crippen LogP contribution in [0.2, 0.25) is 0 Å². The number of nitrogens with one attached hydrogen (secondary N) is 1. The van der Waals surface area contributed by atoms with Gasteiger partial charge in [0.05, 0.1) is 6.04 Å². The highest BCUT2D eigenvalue weighted by molar-refractivity contribution is 5.04. The minimum absolute atomic E-state index is 0.320. The maximum atomic E-state index is 4.41. The summed E-state index contributed by atoms with van der Waals surface area (Å²) >= 11 is 0. The molecule has 1 aromatic heterocycles. The van der Waals surface area contributed by atoms with Crippen LogP contribution in [-0.2, 0) is 0 Å². The summed E-state index contributed by atoms with van der Waals surface area (Å²) in [6.07, 6.45) is 8.51. The molecular formula is C13H23N3. The second-order valence-corrected chi connectivity index (χ2v) is 4.27. The number of unbranched alkanes of at least 4 members (excludes halogenated alkanes) is 1. The second kappa shape index (κ2) is 7.34. The van der Waals surface area contributed by atoms with Crippen molar-refractivity contribution >= 4 is 0 Å². The lowest BCUT2D eigenvalue weighted by atomic mass is 10.1. The Morgan fingerprint density at radius 3 is 2.44 bits per heavy atom. The smallest absolute Gasteiger partial charge is 0.145 e. The molecule has 1 heterocycles. The van der Waals surface area contributed by atoms with Crippen LogP contribution in [-0.4, -0.2) is 16.5 Å². The molecule has 1 N–H and O–H groups in total. The van der Waals surface area contributed by atoms with Crippen molar-refractivity contribution in [3.05, 3.63) is 23.8 Å². The maximum Gasteiger partial charge on any atom is 0.145 e. The number of rotatable bonds is 7. The molecule has 0 aliphatic rings. The zero-order valence-corrected chi connectivity index (χ0v) is 10.7. The first-order valence-corrected chi connectivity index (χ1v) is 6.29. The molecule has 1 atom stereocenters. The van der Waals surface area contributed by atoms with Gasteiger partial charge in [-0.15, -0.1) is 0 Å². The van der Waals surface area contributed by atoms with Gasteiger partial charge in [0, 0.05) is 12.4 Å². The normalized spacial score (nSPS) is 12.7. The summed E-state index contributed by atoms with van der Waals surface area (Å²) in [5, 5.41) is 3.51. The molecule has 0 aliphatic heterocycles. The Balaban J connectivity index is 2.62. The fourth-order valence-electron chi connectivity index (χ4n) is 1.63. The van der Waals surface area contributed by atoms with Gasteiger partial charge in [0.1, 0.15) is 5.82 Å². The van der Waals surface area contributed by atoms with E-state index in [1.54, 1.807) is 0 Å². The SMILES string of the molecule is CCCCC(NCCC)c1ncc(C)cn1. The Morgan fingerprint density at radius 2 is 1.88 bits per heavy atom. The van der Waals surface area contributed by atoms with Crippen LogP contribution in [0.15, 0.2) is 12.4 Å². The quantitative estimate of drug-likeness (QED) is 0.769. The van der Waals surface area contributed by atoms with E-state index in [9.17, 15) is 0 Å². The van der Waals surface area contributed by atoms with Gasteiger partial charge in [-0.1, -0.05) is 26.7 Å². The predicted molar refractivity (Wildman–Crippen MR) is 67.3 cm³/mol. The van der Waals surface area contributed by atoms with E-state index in [1.165, 1.54) is 12.8 Å². The van der Waals surface area contributed by atoms with Crippen LogP contribution in [0.4, 0.5) is 0 Å². The minimum Gasteiger partial charge on any atom is -0.307 e. The van der Waals surface area contributed by atoms with Gasteiger partial charge in [-0.3, -0.25) is 0 Å². The monoisotopic (exact) mass is 221 g/mol. The third-order valence-corrected chi connectivity index (χ3v) is 2.60. The van der Waals surface area contributed by atoms with Crippen LogP contribution in [0.25, 0.3) is 0 Å². The van der Waals surface area contributed by atoms with Crippen molar-refractivity contribution < 1.29 is 0 Å². The van der Waals surface area contributed by atoms with E-state index in [-0.39, 0.29) is 0 Å². The van der Waals surface area contributed by atoms with Gasteiger partial charge in [0.25, 0.3) is 0 Å².